The first-order chi connectivity index (χ1) is 10.2. The zero-order valence-corrected chi connectivity index (χ0v) is 13.0. The minimum Gasteiger partial charge on any atom is -0.204 e. The van der Waals surface area contributed by atoms with Gasteiger partial charge in [0.05, 0.1) is 0 Å². The van der Waals surface area contributed by atoms with E-state index in [9.17, 15) is 8.78 Å². The van der Waals surface area contributed by atoms with Crippen molar-refractivity contribution in [1.82, 2.24) is 0 Å². The summed E-state index contributed by atoms with van der Waals surface area (Å²) in [5.41, 5.74) is 1.00. The summed E-state index contributed by atoms with van der Waals surface area (Å²) >= 11 is 0. The van der Waals surface area contributed by atoms with Gasteiger partial charge in [0.25, 0.3) is 0 Å². The van der Waals surface area contributed by atoms with Crippen LogP contribution in [0.25, 0.3) is 0 Å². The monoisotopic (exact) mass is 292 g/mol. The van der Waals surface area contributed by atoms with Gasteiger partial charge in [-0.25, -0.2) is 8.78 Å². The Labute approximate surface area is 126 Å². The highest BCUT2D eigenvalue weighted by Gasteiger charge is 2.35. The van der Waals surface area contributed by atoms with E-state index in [1.165, 1.54) is 57.1 Å². The van der Waals surface area contributed by atoms with Gasteiger partial charge in [0, 0.05) is 0 Å². The standard InChI is InChI=1S/C19H26F2/c1-2-3-13-4-5-15-11-16(7-6-14(15)10-13)17-8-9-18(20)19(21)12-17/h8-9,12-16H,2-7,10-11H2,1H3. The van der Waals surface area contributed by atoms with E-state index in [1.54, 1.807) is 6.07 Å². The molecule has 0 aromatic heterocycles. The van der Waals surface area contributed by atoms with Crippen molar-refractivity contribution < 1.29 is 8.78 Å². The minimum absolute atomic E-state index is 0.434. The molecule has 0 spiro atoms. The molecule has 116 valence electrons. The molecule has 0 aliphatic heterocycles. The predicted molar refractivity (Wildman–Crippen MR) is 82.2 cm³/mol. The Balaban J connectivity index is 1.64. The largest absolute Gasteiger partial charge is 0.204 e. The van der Waals surface area contributed by atoms with Crippen molar-refractivity contribution in [3.63, 3.8) is 0 Å². The maximum absolute atomic E-state index is 13.4. The van der Waals surface area contributed by atoms with Gasteiger partial charge >= 0.3 is 0 Å². The Kier molecular flexibility index (Phi) is 4.61. The first kappa shape index (κ1) is 15.0. The van der Waals surface area contributed by atoms with Crippen LogP contribution >= 0.6 is 0 Å². The van der Waals surface area contributed by atoms with Crippen LogP contribution in [0.2, 0.25) is 0 Å². The van der Waals surface area contributed by atoms with Gasteiger partial charge < -0.3 is 0 Å². The van der Waals surface area contributed by atoms with E-state index < -0.39 is 11.6 Å². The Bertz CT molecular complexity index is 482. The van der Waals surface area contributed by atoms with Gasteiger partial charge in [-0.3, -0.25) is 0 Å². The van der Waals surface area contributed by atoms with Gasteiger partial charge in [-0.15, -0.1) is 0 Å². The minimum atomic E-state index is -0.729. The van der Waals surface area contributed by atoms with Crippen LogP contribution in [-0.2, 0) is 0 Å². The van der Waals surface area contributed by atoms with Gasteiger partial charge in [0.2, 0.25) is 0 Å². The van der Waals surface area contributed by atoms with Crippen molar-refractivity contribution in [2.24, 2.45) is 17.8 Å². The average molecular weight is 292 g/mol. The molecular weight excluding hydrogens is 266 g/mol. The van der Waals surface area contributed by atoms with Crippen molar-refractivity contribution in [2.45, 2.75) is 64.2 Å². The lowest BCUT2D eigenvalue weighted by molar-refractivity contribution is 0.114. The zero-order valence-electron chi connectivity index (χ0n) is 13.0. The molecule has 0 bridgehead atoms. The first-order valence-corrected chi connectivity index (χ1v) is 8.62. The Morgan fingerprint density at radius 1 is 0.952 bits per heavy atom. The molecule has 3 rings (SSSR count). The number of fused-ring (bicyclic) bond motifs is 1. The predicted octanol–water partition coefficient (Wildman–Crippen LogP) is 6.06. The summed E-state index contributed by atoms with van der Waals surface area (Å²) in [5, 5.41) is 0. The summed E-state index contributed by atoms with van der Waals surface area (Å²) in [6, 6.07) is 4.49. The molecule has 0 radical (unpaired) electrons. The van der Waals surface area contributed by atoms with Crippen LogP contribution in [0.1, 0.15) is 69.8 Å². The second-order valence-corrected chi connectivity index (χ2v) is 7.17. The molecule has 2 aliphatic rings. The molecule has 0 amide bonds. The Morgan fingerprint density at radius 3 is 2.48 bits per heavy atom. The molecule has 2 fully saturated rings. The lowest BCUT2D eigenvalue weighted by atomic mass is 9.63. The van der Waals surface area contributed by atoms with Crippen molar-refractivity contribution in [2.75, 3.05) is 0 Å². The quantitative estimate of drug-likeness (QED) is 0.634. The Hall–Kier alpha value is -0.920. The summed E-state index contributed by atoms with van der Waals surface area (Å²) < 4.78 is 26.5. The first-order valence-electron chi connectivity index (χ1n) is 8.62. The van der Waals surface area contributed by atoms with Crippen LogP contribution in [0.5, 0.6) is 0 Å². The summed E-state index contributed by atoms with van der Waals surface area (Å²) in [7, 11) is 0. The third-order valence-corrected chi connectivity index (χ3v) is 5.83. The second kappa shape index (κ2) is 6.46. The lowest BCUT2D eigenvalue weighted by Gasteiger charge is -2.42. The van der Waals surface area contributed by atoms with E-state index >= 15 is 0 Å². The van der Waals surface area contributed by atoms with E-state index in [4.69, 9.17) is 0 Å². The summed E-state index contributed by atoms with van der Waals surface area (Å²) in [4.78, 5) is 0. The summed E-state index contributed by atoms with van der Waals surface area (Å²) in [6.07, 6.45) is 10.4. The number of hydrogen-bond acceptors (Lipinski definition) is 0. The number of benzene rings is 1. The fourth-order valence-electron chi connectivity index (χ4n) is 4.73. The molecule has 0 heterocycles. The van der Waals surface area contributed by atoms with Gasteiger partial charge in [-0.1, -0.05) is 32.3 Å². The summed E-state index contributed by atoms with van der Waals surface area (Å²) in [5.74, 6) is 1.65. The molecule has 2 heteroatoms. The number of hydrogen-bond donors (Lipinski definition) is 0. The molecule has 2 saturated carbocycles. The van der Waals surface area contributed by atoms with Gasteiger partial charge in [-0.2, -0.15) is 0 Å². The number of rotatable bonds is 3. The third-order valence-electron chi connectivity index (χ3n) is 5.83. The molecule has 4 unspecified atom stereocenters. The zero-order chi connectivity index (χ0) is 14.8. The van der Waals surface area contributed by atoms with E-state index in [1.807, 2.05) is 0 Å². The number of halogens is 2. The van der Waals surface area contributed by atoms with Crippen LogP contribution < -0.4 is 0 Å². The average Bonchev–Trinajstić information content (AvgIpc) is 2.50. The normalized spacial score (nSPS) is 32.7. The molecule has 1 aromatic rings. The van der Waals surface area contributed by atoms with Crippen LogP contribution in [-0.4, -0.2) is 0 Å². The highest BCUT2D eigenvalue weighted by molar-refractivity contribution is 5.22. The van der Waals surface area contributed by atoms with E-state index in [0.29, 0.717) is 5.92 Å². The third kappa shape index (κ3) is 3.30. The highest BCUT2D eigenvalue weighted by atomic mass is 19.2. The second-order valence-electron chi connectivity index (χ2n) is 7.17. The molecule has 0 saturated heterocycles. The van der Waals surface area contributed by atoms with E-state index in [-0.39, 0.29) is 0 Å². The fourth-order valence-corrected chi connectivity index (χ4v) is 4.73. The van der Waals surface area contributed by atoms with Gasteiger partial charge in [0.1, 0.15) is 0 Å². The fraction of sp³-hybridized carbons (Fsp3) is 0.684. The SMILES string of the molecule is CCCC1CCC2CC(c3ccc(F)c(F)c3)CCC2C1. The van der Waals surface area contributed by atoms with Crippen LogP contribution in [0, 0.1) is 29.4 Å². The van der Waals surface area contributed by atoms with Crippen LogP contribution in [0.15, 0.2) is 18.2 Å². The van der Waals surface area contributed by atoms with Crippen LogP contribution in [0.4, 0.5) is 8.78 Å². The summed E-state index contributed by atoms with van der Waals surface area (Å²) in [6.45, 7) is 2.28. The maximum Gasteiger partial charge on any atom is 0.159 e. The van der Waals surface area contributed by atoms with Crippen LogP contribution in [0.3, 0.4) is 0 Å². The van der Waals surface area contributed by atoms with Crippen molar-refractivity contribution in [1.29, 1.82) is 0 Å². The lowest BCUT2D eigenvalue weighted by Crippen LogP contribution is -2.30. The molecule has 0 N–H and O–H groups in total. The molecule has 0 nitrogen and oxygen atoms in total. The van der Waals surface area contributed by atoms with Crippen molar-refractivity contribution in [3.05, 3.63) is 35.4 Å². The molecule has 1 aromatic carbocycles. The van der Waals surface area contributed by atoms with E-state index in [2.05, 4.69) is 6.92 Å². The molecule has 2 aliphatic carbocycles. The topological polar surface area (TPSA) is 0 Å². The van der Waals surface area contributed by atoms with E-state index in [0.717, 1.165) is 29.7 Å². The maximum atomic E-state index is 13.4. The van der Waals surface area contributed by atoms with Gasteiger partial charge in [-0.05, 0) is 73.5 Å². The highest BCUT2D eigenvalue weighted by Crippen LogP contribution is 2.48. The Morgan fingerprint density at radius 2 is 1.71 bits per heavy atom. The molecule has 21 heavy (non-hydrogen) atoms. The smallest absolute Gasteiger partial charge is 0.159 e. The molecule has 4 atom stereocenters. The van der Waals surface area contributed by atoms with Gasteiger partial charge in [0.15, 0.2) is 11.6 Å². The van der Waals surface area contributed by atoms with Crippen molar-refractivity contribution >= 4 is 0 Å². The van der Waals surface area contributed by atoms with Crippen molar-refractivity contribution in [3.8, 4) is 0 Å². The molecular formula is C19H26F2.